The molecule has 0 aliphatic carbocycles. The van der Waals surface area contributed by atoms with Gasteiger partial charge in [0, 0.05) is 17.1 Å². The van der Waals surface area contributed by atoms with Gasteiger partial charge in [-0.05, 0) is 36.1 Å². The summed E-state index contributed by atoms with van der Waals surface area (Å²) in [5.74, 6) is 0. The van der Waals surface area contributed by atoms with Gasteiger partial charge in [-0.3, -0.25) is 4.18 Å². The van der Waals surface area contributed by atoms with Crippen molar-refractivity contribution in [2.24, 2.45) is 0 Å². The molecule has 1 aliphatic rings. The Bertz CT molecular complexity index is 828. The summed E-state index contributed by atoms with van der Waals surface area (Å²) >= 11 is 0. The molecule has 0 radical (unpaired) electrons. The fourth-order valence-electron chi connectivity index (χ4n) is 2.68. The van der Waals surface area contributed by atoms with Crippen LogP contribution in [0, 0.1) is 0 Å². The molecule has 124 valence electrons. The first-order chi connectivity index (χ1) is 10.9. The number of cyclic esters (lactones) is 1. The number of fused-ring (bicyclic) bond motifs is 1. The molecule has 7 nitrogen and oxygen atoms in total. The summed E-state index contributed by atoms with van der Waals surface area (Å²) in [4.78, 5) is 14.2. The summed E-state index contributed by atoms with van der Waals surface area (Å²) in [5, 5.41) is 3.79. The van der Waals surface area contributed by atoms with Gasteiger partial charge >= 0.3 is 6.09 Å². The Morgan fingerprint density at radius 2 is 2.22 bits per heavy atom. The number of nitrogens with one attached hydrogen (secondary N) is 2. The lowest BCUT2D eigenvalue weighted by molar-refractivity contribution is 0.177. The van der Waals surface area contributed by atoms with Crippen LogP contribution in [-0.2, 0) is 31.9 Å². The quantitative estimate of drug-likeness (QED) is 0.775. The maximum absolute atomic E-state index is 11.1. The third-order valence-electron chi connectivity index (χ3n) is 3.72. The maximum atomic E-state index is 11.1. The predicted molar refractivity (Wildman–Crippen MR) is 84.8 cm³/mol. The zero-order valence-electron chi connectivity index (χ0n) is 12.7. The third-order valence-corrected chi connectivity index (χ3v) is 4.32. The van der Waals surface area contributed by atoms with Gasteiger partial charge in [0.2, 0.25) is 0 Å². The Morgan fingerprint density at radius 1 is 1.39 bits per heavy atom. The van der Waals surface area contributed by atoms with Gasteiger partial charge in [-0.1, -0.05) is 6.07 Å². The summed E-state index contributed by atoms with van der Waals surface area (Å²) in [6.07, 6.45) is 3.71. The van der Waals surface area contributed by atoms with E-state index in [-0.39, 0.29) is 18.7 Å². The molecule has 0 spiro atoms. The van der Waals surface area contributed by atoms with Gasteiger partial charge in [0.15, 0.2) is 0 Å². The predicted octanol–water partition coefficient (Wildman–Crippen LogP) is 1.34. The number of amides is 1. The fraction of sp³-hybridized carbons (Fsp3) is 0.400. The molecule has 8 heteroatoms. The molecule has 1 saturated heterocycles. The minimum Gasteiger partial charge on any atom is -0.447 e. The van der Waals surface area contributed by atoms with Crippen molar-refractivity contribution < 1.29 is 22.1 Å². The van der Waals surface area contributed by atoms with E-state index in [4.69, 9.17) is 8.92 Å². The van der Waals surface area contributed by atoms with Gasteiger partial charge < -0.3 is 15.0 Å². The zero-order valence-corrected chi connectivity index (χ0v) is 13.5. The number of hydrogen-bond acceptors (Lipinski definition) is 5. The number of hydrogen-bond donors (Lipinski definition) is 2. The van der Waals surface area contributed by atoms with E-state index in [1.807, 2.05) is 24.4 Å². The second-order valence-electron chi connectivity index (χ2n) is 5.61. The van der Waals surface area contributed by atoms with E-state index in [1.54, 1.807) is 0 Å². The second kappa shape index (κ2) is 6.21. The van der Waals surface area contributed by atoms with Crippen molar-refractivity contribution in [1.29, 1.82) is 0 Å². The molecular formula is C15H18N2O5S. The number of alkyl carbamates (subject to hydrolysis) is 1. The topological polar surface area (TPSA) is 97.5 Å². The molecule has 1 aromatic carbocycles. The van der Waals surface area contributed by atoms with E-state index in [9.17, 15) is 13.2 Å². The van der Waals surface area contributed by atoms with Gasteiger partial charge in [-0.25, -0.2) is 4.79 Å². The molecule has 1 fully saturated rings. The van der Waals surface area contributed by atoms with Crippen LogP contribution in [0.3, 0.4) is 0 Å². The Hall–Kier alpha value is -2.06. The molecule has 23 heavy (non-hydrogen) atoms. The number of benzene rings is 1. The number of ether oxygens (including phenoxy) is 1. The van der Waals surface area contributed by atoms with Crippen LogP contribution in [-0.4, -0.2) is 45.0 Å². The first-order valence-corrected chi connectivity index (χ1v) is 9.09. The summed E-state index contributed by atoms with van der Waals surface area (Å²) in [6.45, 7) is 0.488. The standard InChI is InChI=1S/C15H18N2O5S/c1-23(19,20)22-5-4-11-8-16-14-3-2-10(7-13(11)14)6-12-9-21-15(18)17-12/h2-3,7-8,12,16H,4-6,9H2,1H3,(H,17,18)/t12-/m0/s1. The minimum atomic E-state index is -3.42. The number of carbonyl (C=O) groups is 1. The highest BCUT2D eigenvalue weighted by atomic mass is 32.2. The van der Waals surface area contributed by atoms with Crippen molar-refractivity contribution in [2.45, 2.75) is 18.9 Å². The van der Waals surface area contributed by atoms with Crippen LogP contribution in [0.5, 0.6) is 0 Å². The normalized spacial score (nSPS) is 18.1. The molecule has 2 heterocycles. The maximum Gasteiger partial charge on any atom is 0.407 e. The van der Waals surface area contributed by atoms with Crippen molar-refractivity contribution >= 4 is 27.1 Å². The van der Waals surface area contributed by atoms with Crippen LogP contribution >= 0.6 is 0 Å². The summed E-state index contributed by atoms with van der Waals surface area (Å²) in [6, 6.07) is 6.01. The van der Waals surface area contributed by atoms with Gasteiger partial charge in [0.25, 0.3) is 10.1 Å². The summed E-state index contributed by atoms with van der Waals surface area (Å²) < 4.78 is 31.7. The highest BCUT2D eigenvalue weighted by Crippen LogP contribution is 2.22. The first-order valence-electron chi connectivity index (χ1n) is 7.27. The molecule has 0 saturated carbocycles. The zero-order chi connectivity index (χ0) is 16.4. The van der Waals surface area contributed by atoms with Crippen LogP contribution in [0.4, 0.5) is 4.79 Å². The average Bonchev–Trinajstić information content (AvgIpc) is 3.04. The lowest BCUT2D eigenvalue weighted by Gasteiger charge is -2.08. The largest absolute Gasteiger partial charge is 0.447 e. The highest BCUT2D eigenvalue weighted by molar-refractivity contribution is 7.85. The number of H-pyrrole nitrogens is 1. The van der Waals surface area contributed by atoms with Crippen LogP contribution in [0.2, 0.25) is 0 Å². The third kappa shape index (κ3) is 4.02. The van der Waals surface area contributed by atoms with Gasteiger partial charge in [0.1, 0.15) is 6.61 Å². The Balaban J connectivity index is 1.73. The van der Waals surface area contributed by atoms with Crippen LogP contribution < -0.4 is 5.32 Å². The second-order valence-corrected chi connectivity index (χ2v) is 7.26. The van der Waals surface area contributed by atoms with Crippen LogP contribution in [0.1, 0.15) is 11.1 Å². The minimum absolute atomic E-state index is 0.0177. The van der Waals surface area contributed by atoms with E-state index in [2.05, 4.69) is 10.3 Å². The number of carbonyl (C=O) groups excluding carboxylic acids is 1. The molecule has 0 bridgehead atoms. The van der Waals surface area contributed by atoms with E-state index in [0.29, 0.717) is 19.4 Å². The molecular weight excluding hydrogens is 320 g/mol. The van der Waals surface area contributed by atoms with Crippen molar-refractivity contribution in [2.75, 3.05) is 19.5 Å². The van der Waals surface area contributed by atoms with Crippen molar-refractivity contribution in [3.63, 3.8) is 0 Å². The highest BCUT2D eigenvalue weighted by Gasteiger charge is 2.22. The molecule has 0 unspecified atom stereocenters. The first kappa shape index (κ1) is 15.8. The van der Waals surface area contributed by atoms with E-state index >= 15 is 0 Å². The molecule has 1 aliphatic heterocycles. The van der Waals surface area contributed by atoms with E-state index < -0.39 is 10.1 Å². The monoisotopic (exact) mass is 338 g/mol. The molecule has 1 atom stereocenters. The van der Waals surface area contributed by atoms with Gasteiger partial charge in [0.05, 0.1) is 18.9 Å². The summed E-state index contributed by atoms with van der Waals surface area (Å²) in [5.41, 5.74) is 3.06. The molecule has 2 aromatic rings. The van der Waals surface area contributed by atoms with Gasteiger partial charge in [-0.15, -0.1) is 0 Å². The molecule has 3 rings (SSSR count). The Morgan fingerprint density at radius 3 is 2.91 bits per heavy atom. The molecule has 2 N–H and O–H groups in total. The van der Waals surface area contributed by atoms with Gasteiger partial charge in [-0.2, -0.15) is 8.42 Å². The smallest absolute Gasteiger partial charge is 0.407 e. The van der Waals surface area contributed by atoms with Crippen molar-refractivity contribution in [3.8, 4) is 0 Å². The summed E-state index contributed by atoms with van der Waals surface area (Å²) in [7, 11) is -3.42. The van der Waals surface area contributed by atoms with Crippen molar-refractivity contribution in [3.05, 3.63) is 35.5 Å². The fourth-order valence-corrected chi connectivity index (χ4v) is 3.07. The SMILES string of the molecule is CS(=O)(=O)OCCc1c[nH]c2ccc(C[C@H]3COC(=O)N3)cc12. The average molecular weight is 338 g/mol. The lowest BCUT2D eigenvalue weighted by atomic mass is 10.0. The van der Waals surface area contributed by atoms with E-state index in [0.717, 1.165) is 28.3 Å². The number of aromatic amines is 1. The Labute approximate surface area is 134 Å². The lowest BCUT2D eigenvalue weighted by Crippen LogP contribution is -2.28. The number of aromatic nitrogens is 1. The van der Waals surface area contributed by atoms with Crippen molar-refractivity contribution in [1.82, 2.24) is 10.3 Å². The van der Waals surface area contributed by atoms with E-state index in [1.165, 1.54) is 0 Å². The Kier molecular flexibility index (Phi) is 4.27. The molecule has 1 aromatic heterocycles. The van der Waals surface area contributed by atoms with Crippen LogP contribution in [0.15, 0.2) is 24.4 Å². The molecule has 1 amide bonds. The van der Waals surface area contributed by atoms with Crippen LogP contribution in [0.25, 0.3) is 10.9 Å². The number of rotatable bonds is 6.